The first-order valence-electron chi connectivity index (χ1n) is 8.58. The van der Waals surface area contributed by atoms with Crippen LogP contribution in [-0.4, -0.2) is 16.7 Å². The average molecular weight is 319 g/mol. The summed E-state index contributed by atoms with van der Waals surface area (Å²) in [6, 6.07) is 14.6. The van der Waals surface area contributed by atoms with Crippen LogP contribution in [0.25, 0.3) is 11.5 Å². The monoisotopic (exact) mass is 319 g/mol. The van der Waals surface area contributed by atoms with E-state index in [0.29, 0.717) is 6.42 Å². The van der Waals surface area contributed by atoms with Crippen molar-refractivity contribution >= 4 is 0 Å². The van der Waals surface area contributed by atoms with Crippen LogP contribution in [0.4, 0.5) is 0 Å². The number of rotatable bonds is 5. The van der Waals surface area contributed by atoms with Crippen LogP contribution in [0.5, 0.6) is 0 Å². The summed E-state index contributed by atoms with van der Waals surface area (Å²) < 4.78 is 5.54. The van der Waals surface area contributed by atoms with Gasteiger partial charge in [0.25, 0.3) is 0 Å². The zero-order chi connectivity index (χ0) is 16.4. The molecule has 0 radical (unpaired) electrons. The Labute approximate surface area is 142 Å². The molecule has 1 aliphatic rings. The standard InChI is InChI=1S/C21H21NO2/c23-11-10-15-6-8-16(9-7-15)13-17-14-20(21-5-2-12-24-21)22-19-4-1-3-18(17)19/h2,5-9,12,14,23H,1,3-4,10-11,13H2. The normalized spacial score (nSPS) is 13.2. The highest BCUT2D eigenvalue weighted by Gasteiger charge is 2.19. The van der Waals surface area contributed by atoms with Crippen LogP contribution in [0.15, 0.2) is 53.1 Å². The van der Waals surface area contributed by atoms with Crippen molar-refractivity contribution in [2.45, 2.75) is 32.1 Å². The lowest BCUT2D eigenvalue weighted by Gasteiger charge is -2.11. The van der Waals surface area contributed by atoms with Gasteiger partial charge in [-0.2, -0.15) is 0 Å². The zero-order valence-corrected chi connectivity index (χ0v) is 13.7. The number of furan rings is 1. The predicted octanol–water partition coefficient (Wildman–Crippen LogP) is 3.96. The van der Waals surface area contributed by atoms with Crippen LogP contribution >= 0.6 is 0 Å². The fourth-order valence-corrected chi connectivity index (χ4v) is 3.51. The van der Waals surface area contributed by atoms with Crippen molar-refractivity contribution in [2.24, 2.45) is 0 Å². The van der Waals surface area contributed by atoms with Crippen molar-refractivity contribution in [3.63, 3.8) is 0 Å². The molecule has 1 aliphatic carbocycles. The first-order chi connectivity index (χ1) is 11.8. The van der Waals surface area contributed by atoms with Crippen molar-refractivity contribution in [1.29, 1.82) is 0 Å². The number of aliphatic hydroxyl groups excluding tert-OH is 1. The highest BCUT2D eigenvalue weighted by Crippen LogP contribution is 2.30. The maximum atomic E-state index is 9.04. The van der Waals surface area contributed by atoms with Crippen LogP contribution in [-0.2, 0) is 25.7 Å². The third kappa shape index (κ3) is 3.00. The number of hydrogen-bond acceptors (Lipinski definition) is 3. The van der Waals surface area contributed by atoms with Gasteiger partial charge in [0.05, 0.1) is 6.26 Å². The Balaban J connectivity index is 1.67. The van der Waals surface area contributed by atoms with Gasteiger partial charge >= 0.3 is 0 Å². The third-order valence-corrected chi connectivity index (χ3v) is 4.73. The maximum Gasteiger partial charge on any atom is 0.152 e. The minimum Gasteiger partial charge on any atom is -0.463 e. The van der Waals surface area contributed by atoms with Gasteiger partial charge < -0.3 is 9.52 Å². The molecule has 122 valence electrons. The molecule has 4 rings (SSSR count). The Morgan fingerprint density at radius 1 is 1.04 bits per heavy atom. The van der Waals surface area contributed by atoms with Crippen molar-refractivity contribution in [3.8, 4) is 11.5 Å². The van der Waals surface area contributed by atoms with Crippen LogP contribution in [0.1, 0.15) is 34.4 Å². The van der Waals surface area contributed by atoms with Gasteiger partial charge in [-0.3, -0.25) is 0 Å². The molecule has 0 aliphatic heterocycles. The largest absolute Gasteiger partial charge is 0.463 e. The topological polar surface area (TPSA) is 46.3 Å². The van der Waals surface area contributed by atoms with Crippen molar-refractivity contribution in [3.05, 3.63) is 76.7 Å². The Morgan fingerprint density at radius 2 is 1.88 bits per heavy atom. The van der Waals surface area contributed by atoms with Gasteiger partial charge in [0, 0.05) is 12.3 Å². The van der Waals surface area contributed by atoms with E-state index in [4.69, 9.17) is 14.5 Å². The molecule has 24 heavy (non-hydrogen) atoms. The second-order valence-corrected chi connectivity index (χ2v) is 6.39. The molecule has 0 fully saturated rings. The molecule has 3 aromatic rings. The molecule has 2 aromatic heterocycles. The molecule has 2 heterocycles. The van der Waals surface area contributed by atoms with E-state index in [1.54, 1.807) is 6.26 Å². The molecule has 0 saturated carbocycles. The molecule has 3 heteroatoms. The van der Waals surface area contributed by atoms with E-state index in [0.717, 1.165) is 30.7 Å². The Bertz CT molecular complexity index is 820. The highest BCUT2D eigenvalue weighted by molar-refractivity contribution is 5.56. The number of hydrogen-bond donors (Lipinski definition) is 1. The SMILES string of the molecule is OCCc1ccc(Cc2cc(-c3ccco3)nc3c2CCC3)cc1. The van der Waals surface area contributed by atoms with Crippen molar-refractivity contribution in [1.82, 2.24) is 4.98 Å². The number of fused-ring (bicyclic) bond motifs is 1. The van der Waals surface area contributed by atoms with Gasteiger partial charge in [-0.25, -0.2) is 4.98 Å². The average Bonchev–Trinajstić information content (AvgIpc) is 3.28. The fourth-order valence-electron chi connectivity index (χ4n) is 3.51. The lowest BCUT2D eigenvalue weighted by molar-refractivity contribution is 0.299. The van der Waals surface area contributed by atoms with Crippen LogP contribution < -0.4 is 0 Å². The van der Waals surface area contributed by atoms with Crippen LogP contribution in [0, 0.1) is 0 Å². The first kappa shape index (κ1) is 15.2. The lowest BCUT2D eigenvalue weighted by atomic mass is 9.97. The minimum absolute atomic E-state index is 0.198. The smallest absolute Gasteiger partial charge is 0.152 e. The number of aliphatic hydroxyl groups is 1. The molecular formula is C21H21NO2. The summed E-state index contributed by atoms with van der Waals surface area (Å²) in [7, 11) is 0. The predicted molar refractivity (Wildman–Crippen MR) is 94.0 cm³/mol. The Hall–Kier alpha value is -2.39. The van der Waals surface area contributed by atoms with E-state index in [9.17, 15) is 0 Å². The number of aryl methyl sites for hydroxylation is 1. The van der Waals surface area contributed by atoms with E-state index in [-0.39, 0.29) is 6.61 Å². The van der Waals surface area contributed by atoms with E-state index < -0.39 is 0 Å². The molecule has 0 amide bonds. The van der Waals surface area contributed by atoms with E-state index in [1.807, 2.05) is 12.1 Å². The molecular weight excluding hydrogens is 298 g/mol. The first-order valence-corrected chi connectivity index (χ1v) is 8.58. The number of pyridine rings is 1. The van der Waals surface area contributed by atoms with E-state index in [2.05, 4.69) is 30.3 Å². The Morgan fingerprint density at radius 3 is 2.62 bits per heavy atom. The number of aromatic nitrogens is 1. The summed E-state index contributed by atoms with van der Waals surface area (Å²) in [5.41, 5.74) is 7.42. The molecule has 0 spiro atoms. The van der Waals surface area contributed by atoms with Gasteiger partial charge in [-0.15, -0.1) is 0 Å². The molecule has 0 atom stereocenters. The van der Waals surface area contributed by atoms with E-state index >= 15 is 0 Å². The number of benzene rings is 1. The van der Waals surface area contributed by atoms with Crippen LogP contribution in [0.3, 0.4) is 0 Å². The van der Waals surface area contributed by atoms with Gasteiger partial charge in [0.15, 0.2) is 5.76 Å². The summed E-state index contributed by atoms with van der Waals surface area (Å²) in [6.07, 6.45) is 6.70. The third-order valence-electron chi connectivity index (χ3n) is 4.73. The molecule has 0 saturated heterocycles. The summed E-state index contributed by atoms with van der Waals surface area (Å²) in [5.74, 6) is 0.837. The van der Waals surface area contributed by atoms with E-state index in [1.165, 1.54) is 34.4 Å². The van der Waals surface area contributed by atoms with Crippen molar-refractivity contribution in [2.75, 3.05) is 6.61 Å². The van der Waals surface area contributed by atoms with Crippen molar-refractivity contribution < 1.29 is 9.52 Å². The second kappa shape index (κ2) is 6.62. The Kier molecular flexibility index (Phi) is 4.18. The molecule has 1 aromatic carbocycles. The lowest BCUT2D eigenvalue weighted by Crippen LogP contribution is -2.00. The van der Waals surface area contributed by atoms with Crippen LogP contribution in [0.2, 0.25) is 0 Å². The fraction of sp³-hybridized carbons (Fsp3) is 0.286. The maximum absolute atomic E-state index is 9.04. The molecule has 0 unspecified atom stereocenters. The quantitative estimate of drug-likeness (QED) is 0.774. The summed E-state index contributed by atoms with van der Waals surface area (Å²) in [5, 5.41) is 9.04. The minimum atomic E-state index is 0.198. The summed E-state index contributed by atoms with van der Waals surface area (Å²) in [4.78, 5) is 4.81. The second-order valence-electron chi connectivity index (χ2n) is 6.39. The van der Waals surface area contributed by atoms with Gasteiger partial charge in [-0.1, -0.05) is 24.3 Å². The highest BCUT2D eigenvalue weighted by atomic mass is 16.3. The summed E-state index contributed by atoms with van der Waals surface area (Å²) in [6.45, 7) is 0.198. The van der Waals surface area contributed by atoms with Gasteiger partial charge in [-0.05, 0) is 72.6 Å². The zero-order valence-electron chi connectivity index (χ0n) is 13.7. The molecule has 1 N–H and O–H groups in total. The van der Waals surface area contributed by atoms with Gasteiger partial charge in [0.1, 0.15) is 5.69 Å². The molecule has 3 nitrogen and oxygen atoms in total. The number of nitrogens with zero attached hydrogens (tertiary/aromatic N) is 1. The van der Waals surface area contributed by atoms with Gasteiger partial charge in [0.2, 0.25) is 0 Å². The summed E-state index contributed by atoms with van der Waals surface area (Å²) >= 11 is 0. The molecule has 0 bridgehead atoms.